The third-order valence-corrected chi connectivity index (χ3v) is 2.09. The minimum absolute atomic E-state index is 0.0921. The fraction of sp³-hybridized carbons (Fsp3) is 0.300. The molecule has 2 aromatic heterocycles. The molecule has 0 saturated heterocycles. The number of hydrogen-bond donors (Lipinski definition) is 2. The predicted molar refractivity (Wildman–Crippen MR) is 58.8 cm³/mol. The largest absolute Gasteiger partial charge is 0.349 e. The Bertz CT molecular complexity index is 459. The zero-order valence-corrected chi connectivity index (χ0v) is 8.97. The second-order valence-electron chi connectivity index (χ2n) is 3.46. The lowest BCUT2D eigenvalue weighted by Gasteiger charge is -1.98. The van der Waals surface area contributed by atoms with Crippen LogP contribution in [0.3, 0.4) is 0 Å². The van der Waals surface area contributed by atoms with E-state index in [1.54, 1.807) is 29.5 Å². The predicted octanol–water partition coefficient (Wildman–Crippen LogP) is 0.807. The van der Waals surface area contributed by atoms with E-state index in [1.807, 2.05) is 0 Å². The number of H-pyrrole nitrogens is 1. The zero-order chi connectivity index (χ0) is 11.4. The first-order chi connectivity index (χ1) is 7.74. The van der Waals surface area contributed by atoms with Gasteiger partial charge in [-0.3, -0.25) is 9.48 Å². The average molecular weight is 219 g/mol. The number of carbonyl (C=O) groups is 1. The molecule has 6 heteroatoms. The van der Waals surface area contributed by atoms with Crippen LogP contribution in [0.25, 0.3) is 0 Å². The number of nitrogens with zero attached hydrogens (tertiary/aromatic N) is 3. The molecule has 0 aliphatic rings. The van der Waals surface area contributed by atoms with Gasteiger partial charge in [0.15, 0.2) is 0 Å². The van der Waals surface area contributed by atoms with E-state index in [2.05, 4.69) is 20.4 Å². The molecule has 2 aromatic rings. The fourth-order valence-electron chi connectivity index (χ4n) is 1.41. The van der Waals surface area contributed by atoms with Crippen molar-refractivity contribution < 1.29 is 4.79 Å². The first-order valence-corrected chi connectivity index (χ1v) is 5.02. The van der Waals surface area contributed by atoms with Crippen molar-refractivity contribution in [1.82, 2.24) is 19.7 Å². The lowest BCUT2D eigenvalue weighted by molar-refractivity contribution is -0.114. The Hall–Kier alpha value is -2.11. The van der Waals surface area contributed by atoms with Crippen LogP contribution < -0.4 is 5.32 Å². The third-order valence-electron chi connectivity index (χ3n) is 2.09. The van der Waals surface area contributed by atoms with Gasteiger partial charge in [-0.05, 0) is 0 Å². The maximum absolute atomic E-state index is 10.8. The summed E-state index contributed by atoms with van der Waals surface area (Å²) in [5.41, 5.74) is 0.715. The molecule has 84 valence electrons. The van der Waals surface area contributed by atoms with Gasteiger partial charge >= 0.3 is 0 Å². The molecule has 2 heterocycles. The van der Waals surface area contributed by atoms with E-state index in [1.165, 1.54) is 6.92 Å². The van der Waals surface area contributed by atoms with Crippen LogP contribution in [-0.2, 0) is 17.8 Å². The van der Waals surface area contributed by atoms with E-state index in [4.69, 9.17) is 0 Å². The van der Waals surface area contributed by atoms with E-state index in [0.717, 1.165) is 18.8 Å². The SMILES string of the molecule is CC(=O)Nc1cnn(CCc2ncc[nH]2)c1. The molecule has 0 atom stereocenters. The molecule has 0 saturated carbocycles. The number of amides is 1. The van der Waals surface area contributed by atoms with Crippen molar-refractivity contribution in [2.45, 2.75) is 19.9 Å². The first kappa shape index (κ1) is 10.4. The van der Waals surface area contributed by atoms with Gasteiger partial charge < -0.3 is 10.3 Å². The van der Waals surface area contributed by atoms with Crippen LogP contribution in [0.15, 0.2) is 24.8 Å². The average Bonchev–Trinajstić information content (AvgIpc) is 2.84. The van der Waals surface area contributed by atoms with E-state index in [-0.39, 0.29) is 5.91 Å². The Kier molecular flexibility index (Phi) is 3.00. The summed E-state index contributed by atoms with van der Waals surface area (Å²) in [6, 6.07) is 0. The van der Waals surface area contributed by atoms with Crippen molar-refractivity contribution in [3.63, 3.8) is 0 Å². The van der Waals surface area contributed by atoms with Gasteiger partial charge in [0.1, 0.15) is 5.82 Å². The maximum Gasteiger partial charge on any atom is 0.221 e. The monoisotopic (exact) mass is 219 g/mol. The fourth-order valence-corrected chi connectivity index (χ4v) is 1.41. The number of aromatic amines is 1. The number of hydrogen-bond acceptors (Lipinski definition) is 3. The Morgan fingerprint density at radius 1 is 1.62 bits per heavy atom. The maximum atomic E-state index is 10.8. The van der Waals surface area contributed by atoms with Crippen LogP contribution in [0, 0.1) is 0 Å². The van der Waals surface area contributed by atoms with Crippen molar-refractivity contribution in [3.8, 4) is 0 Å². The molecular formula is C10H13N5O. The number of nitrogens with one attached hydrogen (secondary N) is 2. The summed E-state index contributed by atoms with van der Waals surface area (Å²) in [4.78, 5) is 17.9. The number of imidazole rings is 1. The molecule has 0 unspecified atom stereocenters. The smallest absolute Gasteiger partial charge is 0.221 e. The molecule has 0 bridgehead atoms. The minimum atomic E-state index is -0.0921. The topological polar surface area (TPSA) is 75.6 Å². The first-order valence-electron chi connectivity index (χ1n) is 5.02. The molecule has 0 aliphatic heterocycles. The molecule has 0 aromatic carbocycles. The Morgan fingerprint density at radius 2 is 2.50 bits per heavy atom. The van der Waals surface area contributed by atoms with Gasteiger partial charge in [-0.15, -0.1) is 0 Å². The molecule has 6 nitrogen and oxygen atoms in total. The molecule has 0 aliphatic carbocycles. The zero-order valence-electron chi connectivity index (χ0n) is 8.97. The van der Waals surface area contributed by atoms with Gasteiger partial charge in [0.25, 0.3) is 0 Å². The van der Waals surface area contributed by atoms with Crippen molar-refractivity contribution in [2.24, 2.45) is 0 Å². The van der Waals surface area contributed by atoms with Crippen molar-refractivity contribution in [1.29, 1.82) is 0 Å². The van der Waals surface area contributed by atoms with Crippen LogP contribution in [-0.4, -0.2) is 25.7 Å². The van der Waals surface area contributed by atoms with Gasteiger partial charge in [0.2, 0.25) is 5.91 Å². The molecule has 16 heavy (non-hydrogen) atoms. The van der Waals surface area contributed by atoms with Crippen LogP contribution in [0.5, 0.6) is 0 Å². The van der Waals surface area contributed by atoms with E-state index >= 15 is 0 Å². The third kappa shape index (κ3) is 2.69. The Labute approximate surface area is 92.7 Å². The molecule has 2 N–H and O–H groups in total. The Balaban J connectivity index is 1.90. The summed E-state index contributed by atoms with van der Waals surface area (Å²) in [7, 11) is 0. The number of aromatic nitrogens is 4. The quantitative estimate of drug-likeness (QED) is 0.798. The summed E-state index contributed by atoms with van der Waals surface area (Å²) < 4.78 is 1.77. The van der Waals surface area contributed by atoms with Gasteiger partial charge in [-0.2, -0.15) is 5.10 Å². The molecule has 0 spiro atoms. The molecule has 0 fully saturated rings. The lowest BCUT2D eigenvalue weighted by atomic mass is 10.4. The Morgan fingerprint density at radius 3 is 3.19 bits per heavy atom. The number of aryl methyl sites for hydroxylation is 2. The lowest BCUT2D eigenvalue weighted by Crippen LogP contribution is -2.05. The molecule has 2 rings (SSSR count). The molecular weight excluding hydrogens is 206 g/mol. The van der Waals surface area contributed by atoms with Crippen molar-refractivity contribution >= 4 is 11.6 Å². The highest BCUT2D eigenvalue weighted by atomic mass is 16.1. The highest BCUT2D eigenvalue weighted by Crippen LogP contribution is 2.05. The van der Waals surface area contributed by atoms with Crippen LogP contribution in [0.4, 0.5) is 5.69 Å². The second kappa shape index (κ2) is 4.61. The summed E-state index contributed by atoms with van der Waals surface area (Å²) in [6.45, 7) is 2.20. The standard InChI is InChI=1S/C10H13N5O/c1-8(16)14-9-6-13-15(7-9)5-2-10-11-3-4-12-10/h3-4,6-7H,2,5H2,1H3,(H,11,12)(H,14,16). The number of carbonyl (C=O) groups excluding carboxylic acids is 1. The number of rotatable bonds is 4. The van der Waals surface area contributed by atoms with E-state index in [0.29, 0.717) is 5.69 Å². The van der Waals surface area contributed by atoms with Crippen LogP contribution >= 0.6 is 0 Å². The van der Waals surface area contributed by atoms with E-state index in [9.17, 15) is 4.79 Å². The van der Waals surface area contributed by atoms with Gasteiger partial charge in [-0.1, -0.05) is 0 Å². The highest BCUT2D eigenvalue weighted by molar-refractivity contribution is 5.88. The van der Waals surface area contributed by atoms with Crippen molar-refractivity contribution in [2.75, 3.05) is 5.32 Å². The molecule has 0 radical (unpaired) electrons. The molecule has 1 amide bonds. The second-order valence-corrected chi connectivity index (χ2v) is 3.46. The van der Waals surface area contributed by atoms with Crippen molar-refractivity contribution in [3.05, 3.63) is 30.6 Å². The van der Waals surface area contributed by atoms with Crippen LogP contribution in [0.2, 0.25) is 0 Å². The summed E-state index contributed by atoms with van der Waals surface area (Å²) in [5, 5.41) is 6.80. The number of anilines is 1. The van der Waals surface area contributed by atoms with Gasteiger partial charge in [0, 0.05) is 38.5 Å². The normalized spacial score (nSPS) is 10.3. The van der Waals surface area contributed by atoms with E-state index < -0.39 is 0 Å². The summed E-state index contributed by atoms with van der Waals surface area (Å²) >= 11 is 0. The van der Waals surface area contributed by atoms with Gasteiger partial charge in [-0.25, -0.2) is 4.98 Å². The highest BCUT2D eigenvalue weighted by Gasteiger charge is 2.01. The van der Waals surface area contributed by atoms with Crippen LogP contribution in [0.1, 0.15) is 12.7 Å². The summed E-state index contributed by atoms with van der Waals surface area (Å²) in [6.07, 6.45) is 7.73. The minimum Gasteiger partial charge on any atom is -0.349 e. The van der Waals surface area contributed by atoms with Gasteiger partial charge in [0.05, 0.1) is 11.9 Å². The summed E-state index contributed by atoms with van der Waals surface area (Å²) in [5.74, 6) is 0.835.